The van der Waals surface area contributed by atoms with Crippen LogP contribution in [-0.4, -0.2) is 13.1 Å². The number of hydrogen-bond acceptors (Lipinski definition) is 4. The maximum atomic E-state index is 11.4. The molecule has 1 aromatic carbocycles. The zero-order chi connectivity index (χ0) is 12.3. The van der Waals surface area contributed by atoms with Crippen molar-refractivity contribution < 1.29 is 13.9 Å². The predicted octanol–water partition coefficient (Wildman–Crippen LogP) is 2.60. The van der Waals surface area contributed by atoms with Crippen LogP contribution in [0.25, 0.3) is 11.1 Å². The Balaban J connectivity index is 2.47. The first-order valence-corrected chi connectivity index (χ1v) is 4.92. The van der Waals surface area contributed by atoms with Crippen molar-refractivity contribution in [2.75, 3.05) is 7.11 Å². The van der Waals surface area contributed by atoms with Gasteiger partial charge in [0.25, 0.3) is 0 Å². The monoisotopic (exact) mass is 227 g/mol. The molecular formula is C13H9NO3. The summed E-state index contributed by atoms with van der Waals surface area (Å²) in [7, 11) is 1.33. The molecule has 2 aromatic rings. The number of hydrogen-bond donors (Lipinski definition) is 0. The van der Waals surface area contributed by atoms with Crippen molar-refractivity contribution in [3.8, 4) is 17.2 Å². The molecule has 0 N–H and O–H groups in total. The van der Waals surface area contributed by atoms with Crippen molar-refractivity contribution in [1.82, 2.24) is 0 Å². The number of nitrogens with zero attached hydrogens (tertiary/aromatic N) is 1. The molecule has 0 aliphatic heterocycles. The van der Waals surface area contributed by atoms with Gasteiger partial charge >= 0.3 is 5.97 Å². The average Bonchev–Trinajstić information content (AvgIpc) is 2.86. The molecule has 0 saturated heterocycles. The summed E-state index contributed by atoms with van der Waals surface area (Å²) in [5.41, 5.74) is 1.85. The Morgan fingerprint density at radius 1 is 1.41 bits per heavy atom. The quantitative estimate of drug-likeness (QED) is 0.740. The molecule has 0 spiro atoms. The van der Waals surface area contributed by atoms with Crippen LogP contribution >= 0.6 is 0 Å². The second-order valence-corrected chi connectivity index (χ2v) is 3.35. The Kier molecular flexibility index (Phi) is 2.93. The van der Waals surface area contributed by atoms with Crippen molar-refractivity contribution >= 4 is 5.97 Å². The SMILES string of the molecule is COC(=O)c1cccc(-c2ccoc2C#N)c1. The van der Waals surface area contributed by atoms with E-state index in [0.29, 0.717) is 11.1 Å². The van der Waals surface area contributed by atoms with Crippen LogP contribution in [0.4, 0.5) is 0 Å². The fraction of sp³-hybridized carbons (Fsp3) is 0.0769. The summed E-state index contributed by atoms with van der Waals surface area (Å²) in [5, 5.41) is 8.86. The van der Waals surface area contributed by atoms with Crippen LogP contribution in [0.1, 0.15) is 16.1 Å². The van der Waals surface area contributed by atoms with E-state index >= 15 is 0 Å². The van der Waals surface area contributed by atoms with E-state index in [-0.39, 0.29) is 5.76 Å². The molecule has 0 amide bonds. The number of nitriles is 1. The average molecular weight is 227 g/mol. The molecular weight excluding hydrogens is 218 g/mol. The van der Waals surface area contributed by atoms with Gasteiger partial charge in [-0.25, -0.2) is 4.79 Å². The number of furan rings is 1. The van der Waals surface area contributed by atoms with Crippen LogP contribution in [0.2, 0.25) is 0 Å². The van der Waals surface area contributed by atoms with Gasteiger partial charge in [-0.05, 0) is 23.8 Å². The van der Waals surface area contributed by atoms with Crippen LogP contribution in [0, 0.1) is 11.3 Å². The summed E-state index contributed by atoms with van der Waals surface area (Å²) in [6.07, 6.45) is 1.44. The third-order valence-corrected chi connectivity index (χ3v) is 2.36. The van der Waals surface area contributed by atoms with E-state index in [4.69, 9.17) is 9.68 Å². The first kappa shape index (κ1) is 11.0. The van der Waals surface area contributed by atoms with E-state index in [1.54, 1.807) is 30.3 Å². The van der Waals surface area contributed by atoms with E-state index in [1.165, 1.54) is 13.4 Å². The summed E-state index contributed by atoms with van der Waals surface area (Å²) < 4.78 is 9.66. The molecule has 2 rings (SSSR count). The number of benzene rings is 1. The topological polar surface area (TPSA) is 63.2 Å². The summed E-state index contributed by atoms with van der Waals surface area (Å²) in [5.74, 6) is -0.180. The van der Waals surface area contributed by atoms with Crippen molar-refractivity contribution in [3.63, 3.8) is 0 Å². The molecule has 0 aliphatic rings. The Morgan fingerprint density at radius 3 is 2.94 bits per heavy atom. The van der Waals surface area contributed by atoms with Gasteiger partial charge in [-0.2, -0.15) is 5.26 Å². The van der Waals surface area contributed by atoms with Gasteiger partial charge in [0.05, 0.1) is 18.9 Å². The highest BCUT2D eigenvalue weighted by Gasteiger charge is 2.11. The van der Waals surface area contributed by atoms with E-state index in [9.17, 15) is 4.79 Å². The summed E-state index contributed by atoms with van der Waals surface area (Å²) in [6, 6.07) is 10.5. The van der Waals surface area contributed by atoms with Crippen molar-refractivity contribution in [3.05, 3.63) is 47.9 Å². The van der Waals surface area contributed by atoms with Gasteiger partial charge in [-0.15, -0.1) is 0 Å². The van der Waals surface area contributed by atoms with Crippen LogP contribution in [-0.2, 0) is 4.74 Å². The third-order valence-electron chi connectivity index (χ3n) is 2.36. The van der Waals surface area contributed by atoms with Crippen LogP contribution < -0.4 is 0 Å². The Hall–Kier alpha value is -2.54. The van der Waals surface area contributed by atoms with E-state index in [1.807, 2.05) is 6.07 Å². The normalized spacial score (nSPS) is 9.65. The van der Waals surface area contributed by atoms with E-state index in [2.05, 4.69) is 4.74 Å². The Morgan fingerprint density at radius 2 is 2.24 bits per heavy atom. The lowest BCUT2D eigenvalue weighted by Crippen LogP contribution is -2.00. The van der Waals surface area contributed by atoms with Crippen molar-refractivity contribution in [2.24, 2.45) is 0 Å². The number of rotatable bonds is 2. The summed E-state index contributed by atoms with van der Waals surface area (Å²) in [6.45, 7) is 0. The van der Waals surface area contributed by atoms with Crippen LogP contribution in [0.15, 0.2) is 41.0 Å². The molecule has 1 aromatic heterocycles. The number of carbonyl (C=O) groups excluding carboxylic acids is 1. The molecule has 0 fully saturated rings. The van der Waals surface area contributed by atoms with Gasteiger partial charge in [0.15, 0.2) is 0 Å². The molecule has 84 valence electrons. The minimum atomic E-state index is -0.408. The molecule has 1 heterocycles. The molecule has 4 heteroatoms. The molecule has 0 saturated carbocycles. The third kappa shape index (κ3) is 2.04. The Labute approximate surface area is 98.0 Å². The van der Waals surface area contributed by atoms with E-state index in [0.717, 1.165) is 5.56 Å². The summed E-state index contributed by atoms with van der Waals surface area (Å²) in [4.78, 5) is 11.4. The fourth-order valence-corrected chi connectivity index (χ4v) is 1.55. The molecule has 0 radical (unpaired) electrons. The standard InChI is InChI=1S/C13H9NO3/c1-16-13(15)10-4-2-3-9(7-10)11-5-6-17-12(11)8-14/h2-7H,1H3. The maximum Gasteiger partial charge on any atom is 0.337 e. The van der Waals surface area contributed by atoms with Gasteiger partial charge in [-0.1, -0.05) is 12.1 Å². The second kappa shape index (κ2) is 4.54. The predicted molar refractivity (Wildman–Crippen MR) is 60.2 cm³/mol. The molecule has 4 nitrogen and oxygen atoms in total. The second-order valence-electron chi connectivity index (χ2n) is 3.35. The van der Waals surface area contributed by atoms with Gasteiger partial charge in [0.2, 0.25) is 5.76 Å². The first-order chi connectivity index (χ1) is 8.26. The van der Waals surface area contributed by atoms with Crippen LogP contribution in [0.5, 0.6) is 0 Å². The lowest BCUT2D eigenvalue weighted by molar-refractivity contribution is 0.0601. The van der Waals surface area contributed by atoms with Crippen LogP contribution in [0.3, 0.4) is 0 Å². The number of esters is 1. The first-order valence-electron chi connectivity index (χ1n) is 4.92. The summed E-state index contributed by atoms with van der Waals surface area (Å²) >= 11 is 0. The van der Waals surface area contributed by atoms with Gasteiger partial charge in [0, 0.05) is 5.56 Å². The smallest absolute Gasteiger partial charge is 0.337 e. The Bertz CT molecular complexity index is 593. The maximum absolute atomic E-state index is 11.4. The highest BCUT2D eigenvalue weighted by Crippen LogP contribution is 2.25. The molecule has 0 bridgehead atoms. The largest absolute Gasteiger partial charge is 0.465 e. The molecule has 17 heavy (non-hydrogen) atoms. The highest BCUT2D eigenvalue weighted by atomic mass is 16.5. The van der Waals surface area contributed by atoms with Gasteiger partial charge in [0.1, 0.15) is 6.07 Å². The number of methoxy groups -OCH3 is 1. The zero-order valence-electron chi connectivity index (χ0n) is 9.14. The fourth-order valence-electron chi connectivity index (χ4n) is 1.55. The molecule has 0 aliphatic carbocycles. The zero-order valence-corrected chi connectivity index (χ0v) is 9.14. The lowest BCUT2D eigenvalue weighted by atomic mass is 10.0. The molecule has 0 atom stereocenters. The minimum Gasteiger partial charge on any atom is -0.465 e. The highest BCUT2D eigenvalue weighted by molar-refractivity contribution is 5.91. The van der Waals surface area contributed by atoms with Gasteiger partial charge < -0.3 is 9.15 Å². The van der Waals surface area contributed by atoms with E-state index < -0.39 is 5.97 Å². The lowest BCUT2D eigenvalue weighted by Gasteiger charge is -2.02. The minimum absolute atomic E-state index is 0.229. The number of carbonyl (C=O) groups is 1. The van der Waals surface area contributed by atoms with Gasteiger partial charge in [-0.3, -0.25) is 0 Å². The molecule has 0 unspecified atom stereocenters. The number of ether oxygens (including phenoxy) is 1. The van der Waals surface area contributed by atoms with Crippen molar-refractivity contribution in [2.45, 2.75) is 0 Å². The van der Waals surface area contributed by atoms with Crippen molar-refractivity contribution in [1.29, 1.82) is 5.26 Å².